The van der Waals surface area contributed by atoms with Crippen LogP contribution in [0.15, 0.2) is 0 Å². The summed E-state index contributed by atoms with van der Waals surface area (Å²) in [5, 5.41) is 3.24. The molecule has 2 amide bonds. The number of piperazine rings is 1. The van der Waals surface area contributed by atoms with Gasteiger partial charge in [0, 0.05) is 39.3 Å². The SMILES string of the molecule is CCI.O=C(N1CCNCC1)N1CCOCC1. The molecule has 2 heterocycles. The first-order valence-electron chi connectivity index (χ1n) is 6.18. The van der Waals surface area contributed by atoms with Gasteiger partial charge in [-0.1, -0.05) is 29.5 Å². The number of rotatable bonds is 0. The summed E-state index contributed by atoms with van der Waals surface area (Å²) in [5.74, 6) is 0. The number of carbonyl (C=O) groups excluding carboxylic acids is 1. The number of morpholine rings is 1. The number of nitrogens with one attached hydrogen (secondary N) is 1. The van der Waals surface area contributed by atoms with Crippen LogP contribution in [0, 0.1) is 0 Å². The van der Waals surface area contributed by atoms with Crippen LogP contribution in [0.3, 0.4) is 0 Å². The molecule has 0 aromatic rings. The summed E-state index contributed by atoms with van der Waals surface area (Å²) in [7, 11) is 0. The molecular formula is C11H22IN3O2. The van der Waals surface area contributed by atoms with Gasteiger partial charge in [-0.25, -0.2) is 4.79 Å². The highest BCUT2D eigenvalue weighted by molar-refractivity contribution is 14.1. The first-order valence-corrected chi connectivity index (χ1v) is 7.70. The Balaban J connectivity index is 0.000000437. The van der Waals surface area contributed by atoms with Crippen molar-refractivity contribution < 1.29 is 9.53 Å². The summed E-state index contributed by atoms with van der Waals surface area (Å²) in [6.07, 6.45) is 0. The number of hydrogen-bond donors (Lipinski definition) is 1. The Hall–Kier alpha value is -0.0800. The first kappa shape index (κ1) is 15.0. The summed E-state index contributed by atoms with van der Waals surface area (Å²) in [5.41, 5.74) is 0. The van der Waals surface area contributed by atoms with Crippen LogP contribution in [0.4, 0.5) is 4.79 Å². The lowest BCUT2D eigenvalue weighted by molar-refractivity contribution is 0.0423. The average Bonchev–Trinajstić information content (AvgIpc) is 2.41. The zero-order valence-electron chi connectivity index (χ0n) is 10.5. The Labute approximate surface area is 117 Å². The fourth-order valence-corrected chi connectivity index (χ4v) is 1.81. The number of alkyl halides is 1. The largest absolute Gasteiger partial charge is 0.378 e. The van der Waals surface area contributed by atoms with Crippen molar-refractivity contribution in [1.82, 2.24) is 15.1 Å². The molecule has 0 bridgehead atoms. The Kier molecular flexibility index (Phi) is 7.87. The van der Waals surface area contributed by atoms with E-state index in [2.05, 4.69) is 34.8 Å². The van der Waals surface area contributed by atoms with E-state index in [0.29, 0.717) is 13.2 Å². The van der Waals surface area contributed by atoms with Gasteiger partial charge in [-0.15, -0.1) is 0 Å². The van der Waals surface area contributed by atoms with Crippen LogP contribution in [-0.4, -0.2) is 72.7 Å². The van der Waals surface area contributed by atoms with Gasteiger partial charge in [0.05, 0.1) is 13.2 Å². The van der Waals surface area contributed by atoms with Crippen LogP contribution in [-0.2, 0) is 4.74 Å². The van der Waals surface area contributed by atoms with Gasteiger partial charge in [-0.3, -0.25) is 0 Å². The molecule has 1 N–H and O–H groups in total. The normalized spacial score (nSPS) is 20.6. The van der Waals surface area contributed by atoms with E-state index in [0.717, 1.165) is 39.3 Å². The van der Waals surface area contributed by atoms with E-state index in [1.807, 2.05) is 9.80 Å². The monoisotopic (exact) mass is 355 g/mol. The van der Waals surface area contributed by atoms with Crippen molar-refractivity contribution in [2.45, 2.75) is 6.92 Å². The van der Waals surface area contributed by atoms with Crippen LogP contribution < -0.4 is 5.32 Å². The van der Waals surface area contributed by atoms with Gasteiger partial charge in [0.25, 0.3) is 0 Å². The van der Waals surface area contributed by atoms with Crippen molar-refractivity contribution in [3.05, 3.63) is 0 Å². The molecule has 0 atom stereocenters. The molecular weight excluding hydrogens is 333 g/mol. The van der Waals surface area contributed by atoms with E-state index in [1.54, 1.807) is 0 Å². The Morgan fingerprint density at radius 3 is 2.18 bits per heavy atom. The number of hydrogen-bond acceptors (Lipinski definition) is 3. The number of ether oxygens (including phenoxy) is 1. The van der Waals surface area contributed by atoms with Gasteiger partial charge >= 0.3 is 6.03 Å². The summed E-state index contributed by atoms with van der Waals surface area (Å²) in [6, 6.07) is 0.176. The zero-order valence-corrected chi connectivity index (χ0v) is 12.6. The average molecular weight is 355 g/mol. The van der Waals surface area contributed by atoms with E-state index >= 15 is 0 Å². The third kappa shape index (κ3) is 5.39. The van der Waals surface area contributed by atoms with Crippen molar-refractivity contribution in [3.63, 3.8) is 0 Å². The van der Waals surface area contributed by atoms with Crippen molar-refractivity contribution in [2.75, 3.05) is 56.9 Å². The van der Waals surface area contributed by atoms with Gasteiger partial charge in [-0.2, -0.15) is 0 Å². The molecule has 2 aliphatic heterocycles. The minimum absolute atomic E-state index is 0.176. The summed E-state index contributed by atoms with van der Waals surface area (Å²) >= 11 is 2.29. The third-order valence-corrected chi connectivity index (χ3v) is 2.67. The second-order valence-electron chi connectivity index (χ2n) is 3.89. The molecule has 6 heteroatoms. The second-order valence-corrected chi connectivity index (χ2v) is 5.41. The van der Waals surface area contributed by atoms with Gasteiger partial charge in [-0.05, 0) is 4.43 Å². The van der Waals surface area contributed by atoms with Crippen molar-refractivity contribution >= 4 is 28.6 Å². The number of carbonyl (C=O) groups is 1. The van der Waals surface area contributed by atoms with E-state index in [9.17, 15) is 4.79 Å². The number of amides is 2. The topological polar surface area (TPSA) is 44.8 Å². The first-order chi connectivity index (χ1) is 8.29. The van der Waals surface area contributed by atoms with Crippen LogP contribution in [0.25, 0.3) is 0 Å². The van der Waals surface area contributed by atoms with Gasteiger partial charge in [0.15, 0.2) is 0 Å². The highest BCUT2D eigenvalue weighted by Gasteiger charge is 2.23. The van der Waals surface area contributed by atoms with E-state index in [4.69, 9.17) is 4.74 Å². The molecule has 0 saturated carbocycles. The minimum atomic E-state index is 0.176. The maximum atomic E-state index is 11.9. The van der Waals surface area contributed by atoms with Crippen LogP contribution in [0.5, 0.6) is 0 Å². The fraction of sp³-hybridized carbons (Fsp3) is 0.909. The Morgan fingerprint density at radius 1 is 1.18 bits per heavy atom. The summed E-state index contributed by atoms with van der Waals surface area (Å²) in [4.78, 5) is 15.7. The number of halogens is 1. The molecule has 0 aromatic heterocycles. The highest BCUT2D eigenvalue weighted by Crippen LogP contribution is 2.04. The van der Waals surface area contributed by atoms with Crippen molar-refractivity contribution in [1.29, 1.82) is 0 Å². The van der Waals surface area contributed by atoms with Crippen molar-refractivity contribution in [2.24, 2.45) is 0 Å². The van der Waals surface area contributed by atoms with E-state index < -0.39 is 0 Å². The number of urea groups is 1. The lowest BCUT2D eigenvalue weighted by Gasteiger charge is -2.35. The molecule has 2 rings (SSSR count). The van der Waals surface area contributed by atoms with Crippen molar-refractivity contribution in [3.8, 4) is 0 Å². The molecule has 2 aliphatic rings. The second kappa shape index (κ2) is 8.93. The summed E-state index contributed by atoms with van der Waals surface area (Å²) in [6.45, 7) is 8.43. The molecule has 2 fully saturated rings. The third-order valence-electron chi connectivity index (χ3n) is 2.67. The molecule has 0 aliphatic carbocycles. The molecule has 17 heavy (non-hydrogen) atoms. The van der Waals surface area contributed by atoms with Gasteiger partial charge in [0.2, 0.25) is 0 Å². The number of nitrogens with zero attached hydrogens (tertiary/aromatic N) is 2. The van der Waals surface area contributed by atoms with E-state index in [-0.39, 0.29) is 6.03 Å². The predicted octanol–water partition coefficient (Wildman–Crippen LogP) is 0.785. The van der Waals surface area contributed by atoms with Crippen LogP contribution in [0.1, 0.15) is 6.92 Å². The predicted molar refractivity (Wildman–Crippen MR) is 76.8 cm³/mol. The van der Waals surface area contributed by atoms with Crippen LogP contribution >= 0.6 is 22.6 Å². The molecule has 100 valence electrons. The van der Waals surface area contributed by atoms with Crippen LogP contribution in [0.2, 0.25) is 0 Å². The molecule has 0 radical (unpaired) electrons. The molecule has 0 aromatic carbocycles. The molecule has 0 unspecified atom stereocenters. The highest BCUT2D eigenvalue weighted by atomic mass is 127. The standard InChI is InChI=1S/C9H17N3O2.C2H5I/c13-9(11-3-1-10-2-4-11)12-5-7-14-8-6-12;1-2-3/h10H,1-8H2;2H2,1H3. The fourth-order valence-electron chi connectivity index (χ4n) is 1.81. The maximum Gasteiger partial charge on any atom is 0.320 e. The smallest absolute Gasteiger partial charge is 0.320 e. The Bertz CT molecular complexity index is 197. The van der Waals surface area contributed by atoms with Gasteiger partial charge < -0.3 is 19.9 Å². The summed E-state index contributed by atoms with van der Waals surface area (Å²) < 4.78 is 6.43. The van der Waals surface area contributed by atoms with Gasteiger partial charge in [0.1, 0.15) is 0 Å². The molecule has 2 saturated heterocycles. The zero-order chi connectivity index (χ0) is 12.5. The quantitative estimate of drug-likeness (QED) is 0.516. The molecule has 5 nitrogen and oxygen atoms in total. The lowest BCUT2D eigenvalue weighted by atomic mass is 10.3. The lowest BCUT2D eigenvalue weighted by Crippen LogP contribution is -2.53. The minimum Gasteiger partial charge on any atom is -0.378 e. The Morgan fingerprint density at radius 2 is 1.65 bits per heavy atom. The van der Waals surface area contributed by atoms with E-state index in [1.165, 1.54) is 4.43 Å². The maximum absolute atomic E-state index is 11.9. The molecule has 0 spiro atoms.